The number of carbonyl (C=O) groups is 3. The summed E-state index contributed by atoms with van der Waals surface area (Å²) in [4.78, 5) is 38.1. The minimum absolute atomic E-state index is 0.194. The van der Waals surface area contributed by atoms with Crippen molar-refractivity contribution in [3.05, 3.63) is 18.2 Å². The number of anilines is 2. The minimum Gasteiger partial charge on any atom is -0.465 e. The molecule has 9 heteroatoms. The first-order valence-corrected chi connectivity index (χ1v) is 7.68. The van der Waals surface area contributed by atoms with Gasteiger partial charge in [0.2, 0.25) is 5.91 Å². The van der Waals surface area contributed by atoms with E-state index < -0.39 is 12.0 Å². The van der Waals surface area contributed by atoms with Crippen LogP contribution in [-0.4, -0.2) is 36.0 Å². The zero-order valence-corrected chi connectivity index (χ0v) is 13.5. The van der Waals surface area contributed by atoms with Crippen LogP contribution in [0.2, 0.25) is 0 Å². The Bertz CT molecular complexity index is 743. The lowest BCUT2D eigenvalue weighted by atomic mass is 10.3. The van der Waals surface area contributed by atoms with Crippen molar-refractivity contribution in [3.63, 3.8) is 0 Å². The second kappa shape index (κ2) is 7.54. The van der Waals surface area contributed by atoms with E-state index in [0.717, 1.165) is 10.2 Å². The van der Waals surface area contributed by atoms with Crippen molar-refractivity contribution in [3.8, 4) is 0 Å². The lowest BCUT2D eigenvalue weighted by Gasteiger charge is -2.07. The molecular formula is C14H16N4O4S. The summed E-state index contributed by atoms with van der Waals surface area (Å²) in [6.07, 6.45) is 0. The zero-order chi connectivity index (χ0) is 16.8. The van der Waals surface area contributed by atoms with Crippen molar-refractivity contribution >= 4 is 50.3 Å². The lowest BCUT2D eigenvalue weighted by molar-refractivity contribution is -0.141. The Labute approximate surface area is 136 Å². The molecule has 23 heavy (non-hydrogen) atoms. The van der Waals surface area contributed by atoms with E-state index in [0.29, 0.717) is 10.8 Å². The number of urea groups is 1. The highest BCUT2D eigenvalue weighted by atomic mass is 32.1. The van der Waals surface area contributed by atoms with E-state index in [-0.39, 0.29) is 19.1 Å². The van der Waals surface area contributed by atoms with Crippen LogP contribution in [-0.2, 0) is 14.3 Å². The number of benzene rings is 1. The Morgan fingerprint density at radius 3 is 2.74 bits per heavy atom. The maximum absolute atomic E-state index is 11.7. The zero-order valence-electron chi connectivity index (χ0n) is 12.6. The third-order valence-electron chi connectivity index (χ3n) is 2.63. The number of aromatic nitrogens is 1. The van der Waals surface area contributed by atoms with Gasteiger partial charge in [0.1, 0.15) is 6.54 Å². The highest BCUT2D eigenvalue weighted by Crippen LogP contribution is 2.28. The predicted molar refractivity (Wildman–Crippen MR) is 87.6 cm³/mol. The average Bonchev–Trinajstić information content (AvgIpc) is 2.86. The van der Waals surface area contributed by atoms with Crippen molar-refractivity contribution < 1.29 is 19.1 Å². The molecule has 0 radical (unpaired) electrons. The van der Waals surface area contributed by atoms with Crippen LogP contribution in [0.15, 0.2) is 18.2 Å². The van der Waals surface area contributed by atoms with Crippen LogP contribution in [0.25, 0.3) is 10.2 Å². The summed E-state index contributed by atoms with van der Waals surface area (Å²) in [5.41, 5.74) is 1.27. The normalized spacial score (nSPS) is 10.2. The van der Waals surface area contributed by atoms with Crippen LogP contribution < -0.4 is 16.0 Å². The minimum atomic E-state index is -0.510. The number of hydrogen-bond donors (Lipinski definition) is 3. The topological polar surface area (TPSA) is 109 Å². The van der Waals surface area contributed by atoms with Crippen LogP contribution in [0.4, 0.5) is 15.6 Å². The molecule has 2 rings (SSSR count). The predicted octanol–water partition coefficient (Wildman–Crippen LogP) is 1.94. The van der Waals surface area contributed by atoms with Crippen LogP contribution in [0.3, 0.4) is 0 Å². The number of thiazole rings is 1. The second-order valence-corrected chi connectivity index (χ2v) is 5.53. The van der Waals surface area contributed by atoms with Crippen molar-refractivity contribution in [2.75, 3.05) is 23.8 Å². The molecule has 0 atom stereocenters. The first-order chi connectivity index (χ1) is 11.0. The molecule has 0 spiro atoms. The highest BCUT2D eigenvalue weighted by molar-refractivity contribution is 7.22. The molecule has 1 heterocycles. The Kier molecular flexibility index (Phi) is 5.47. The molecule has 0 aliphatic heterocycles. The maximum atomic E-state index is 11.7. The summed E-state index contributed by atoms with van der Waals surface area (Å²) in [5, 5.41) is 8.13. The van der Waals surface area contributed by atoms with Gasteiger partial charge in [-0.25, -0.2) is 9.78 Å². The standard InChI is InChI=1S/C14H16N4O4S/c1-3-22-12(20)7-15-13(21)17-9-4-5-10-11(6-9)23-14(18-10)16-8(2)19/h4-6H,3,7H2,1-2H3,(H2,15,17,21)(H,16,18,19). The molecule has 122 valence electrons. The van der Waals surface area contributed by atoms with Gasteiger partial charge in [-0.15, -0.1) is 0 Å². The SMILES string of the molecule is CCOC(=O)CNC(=O)Nc1ccc2nc(NC(C)=O)sc2c1. The van der Waals surface area contributed by atoms with E-state index in [4.69, 9.17) is 4.74 Å². The number of amides is 3. The van der Waals surface area contributed by atoms with E-state index in [1.165, 1.54) is 18.3 Å². The molecule has 0 saturated heterocycles. The Hall–Kier alpha value is -2.68. The molecule has 1 aromatic heterocycles. The summed E-state index contributed by atoms with van der Waals surface area (Å²) in [5.74, 6) is -0.693. The van der Waals surface area contributed by atoms with E-state index in [1.54, 1.807) is 25.1 Å². The molecule has 1 aromatic carbocycles. The molecule has 0 bridgehead atoms. The van der Waals surface area contributed by atoms with Gasteiger partial charge in [-0.05, 0) is 25.1 Å². The third-order valence-corrected chi connectivity index (χ3v) is 3.56. The van der Waals surface area contributed by atoms with Gasteiger partial charge in [-0.1, -0.05) is 11.3 Å². The quantitative estimate of drug-likeness (QED) is 0.723. The van der Waals surface area contributed by atoms with Crippen LogP contribution in [0.1, 0.15) is 13.8 Å². The first kappa shape index (κ1) is 16.7. The summed E-state index contributed by atoms with van der Waals surface area (Å²) in [6, 6.07) is 4.65. The fourth-order valence-electron chi connectivity index (χ4n) is 1.75. The first-order valence-electron chi connectivity index (χ1n) is 6.86. The molecule has 0 aliphatic carbocycles. The second-order valence-electron chi connectivity index (χ2n) is 4.50. The fraction of sp³-hybridized carbons (Fsp3) is 0.286. The largest absolute Gasteiger partial charge is 0.465 e. The number of nitrogens with one attached hydrogen (secondary N) is 3. The third kappa shape index (κ3) is 4.92. The number of esters is 1. The molecule has 3 N–H and O–H groups in total. The van der Waals surface area contributed by atoms with E-state index in [9.17, 15) is 14.4 Å². The lowest BCUT2D eigenvalue weighted by Crippen LogP contribution is -2.34. The van der Waals surface area contributed by atoms with Crippen LogP contribution in [0, 0.1) is 0 Å². The Morgan fingerprint density at radius 2 is 2.04 bits per heavy atom. The number of hydrogen-bond acceptors (Lipinski definition) is 6. The number of carbonyl (C=O) groups excluding carboxylic acids is 3. The van der Waals surface area contributed by atoms with Gasteiger partial charge in [0, 0.05) is 12.6 Å². The van der Waals surface area contributed by atoms with Gasteiger partial charge >= 0.3 is 12.0 Å². The van der Waals surface area contributed by atoms with E-state index in [1.807, 2.05) is 0 Å². The van der Waals surface area contributed by atoms with Crippen molar-refractivity contribution in [2.24, 2.45) is 0 Å². The Morgan fingerprint density at radius 1 is 1.26 bits per heavy atom. The fourth-order valence-corrected chi connectivity index (χ4v) is 2.70. The highest BCUT2D eigenvalue weighted by Gasteiger charge is 2.09. The van der Waals surface area contributed by atoms with Crippen LogP contribution in [0.5, 0.6) is 0 Å². The molecule has 0 aliphatic rings. The molecule has 0 fully saturated rings. The molecule has 0 saturated carbocycles. The van der Waals surface area contributed by atoms with Crippen molar-refractivity contribution in [1.82, 2.24) is 10.3 Å². The summed E-state index contributed by atoms with van der Waals surface area (Å²) in [7, 11) is 0. The molecular weight excluding hydrogens is 320 g/mol. The molecule has 2 aromatic rings. The van der Waals surface area contributed by atoms with Gasteiger partial charge in [0.25, 0.3) is 0 Å². The maximum Gasteiger partial charge on any atom is 0.325 e. The van der Waals surface area contributed by atoms with Gasteiger partial charge in [0.15, 0.2) is 5.13 Å². The van der Waals surface area contributed by atoms with E-state index >= 15 is 0 Å². The van der Waals surface area contributed by atoms with Crippen molar-refractivity contribution in [1.29, 1.82) is 0 Å². The summed E-state index contributed by atoms with van der Waals surface area (Å²) < 4.78 is 5.53. The molecule has 3 amide bonds. The number of fused-ring (bicyclic) bond motifs is 1. The van der Waals surface area contributed by atoms with E-state index in [2.05, 4.69) is 20.9 Å². The number of rotatable bonds is 5. The van der Waals surface area contributed by atoms with Gasteiger partial charge < -0.3 is 20.7 Å². The van der Waals surface area contributed by atoms with Gasteiger partial charge in [-0.2, -0.15) is 0 Å². The smallest absolute Gasteiger partial charge is 0.325 e. The van der Waals surface area contributed by atoms with Gasteiger partial charge in [-0.3, -0.25) is 9.59 Å². The number of nitrogens with zero attached hydrogens (tertiary/aromatic N) is 1. The molecule has 0 unspecified atom stereocenters. The monoisotopic (exact) mass is 336 g/mol. The van der Waals surface area contributed by atoms with Crippen LogP contribution >= 0.6 is 11.3 Å². The summed E-state index contributed by atoms with van der Waals surface area (Å²) in [6.45, 7) is 3.17. The molecule has 8 nitrogen and oxygen atoms in total. The average molecular weight is 336 g/mol. The Balaban J connectivity index is 1.98. The van der Waals surface area contributed by atoms with Gasteiger partial charge in [0.05, 0.1) is 16.8 Å². The van der Waals surface area contributed by atoms with Crippen molar-refractivity contribution in [2.45, 2.75) is 13.8 Å². The number of ether oxygens (including phenoxy) is 1. The summed E-state index contributed by atoms with van der Waals surface area (Å²) >= 11 is 1.30.